The van der Waals surface area contributed by atoms with Crippen LogP contribution in [-0.4, -0.2) is 115 Å². The van der Waals surface area contributed by atoms with Crippen LogP contribution in [0.1, 0.15) is 84.4 Å². The van der Waals surface area contributed by atoms with Crippen molar-refractivity contribution >= 4 is 29.2 Å². The SMILES string of the molecule is COC1(CN2CCC(n3nc(N4CCCc5cc(-c6cnn(C)c6)c(C(F)F)cc54)c4c3CCN(C(C)=O)C4)CC2)CCN(c2ccc(C(=O)O)nn2)CC1. The van der Waals surface area contributed by atoms with Crippen LogP contribution in [0.5, 0.6) is 0 Å². The van der Waals surface area contributed by atoms with E-state index in [2.05, 4.69) is 34.7 Å². The lowest BCUT2D eigenvalue weighted by Gasteiger charge is -2.45. The first-order valence-electron chi connectivity index (χ1n) is 19.2. The van der Waals surface area contributed by atoms with Crippen molar-refractivity contribution in [1.29, 1.82) is 0 Å². The molecule has 0 aliphatic carbocycles. The molecule has 8 rings (SSSR count). The Morgan fingerprint density at radius 2 is 1.82 bits per heavy atom. The highest BCUT2D eigenvalue weighted by Crippen LogP contribution is 2.44. The number of carboxylic acids is 1. The summed E-state index contributed by atoms with van der Waals surface area (Å²) in [6.07, 6.45) is 6.49. The van der Waals surface area contributed by atoms with Gasteiger partial charge in [0.1, 0.15) is 0 Å². The molecule has 4 aliphatic rings. The van der Waals surface area contributed by atoms with Gasteiger partial charge in [-0.25, -0.2) is 13.6 Å². The van der Waals surface area contributed by atoms with Gasteiger partial charge in [-0.15, -0.1) is 10.2 Å². The number of aromatic carboxylic acids is 1. The average Bonchev–Trinajstić information content (AvgIpc) is 3.81. The number of aryl methyl sites for hydroxylation is 2. The van der Waals surface area contributed by atoms with E-state index in [1.54, 1.807) is 50.3 Å². The zero-order chi connectivity index (χ0) is 38.4. The first kappa shape index (κ1) is 37.0. The highest BCUT2D eigenvalue weighted by atomic mass is 19.3. The van der Waals surface area contributed by atoms with E-state index in [1.165, 1.54) is 6.07 Å². The number of likely N-dealkylation sites (tertiary alicyclic amines) is 1. The number of rotatable bonds is 9. The summed E-state index contributed by atoms with van der Waals surface area (Å²) >= 11 is 0. The Morgan fingerprint density at radius 3 is 2.45 bits per heavy atom. The summed E-state index contributed by atoms with van der Waals surface area (Å²) < 4.78 is 39.4. The van der Waals surface area contributed by atoms with E-state index in [9.17, 15) is 23.5 Å². The van der Waals surface area contributed by atoms with Crippen LogP contribution >= 0.6 is 0 Å². The van der Waals surface area contributed by atoms with Gasteiger partial charge in [-0.05, 0) is 73.9 Å². The van der Waals surface area contributed by atoms with Crippen LogP contribution in [0, 0.1) is 0 Å². The number of fused-ring (bicyclic) bond motifs is 2. The molecule has 0 spiro atoms. The van der Waals surface area contributed by atoms with Crippen molar-refractivity contribution in [1.82, 2.24) is 39.6 Å². The summed E-state index contributed by atoms with van der Waals surface area (Å²) in [5.74, 6) is 0.355. The van der Waals surface area contributed by atoms with Gasteiger partial charge in [-0.3, -0.25) is 14.2 Å². The van der Waals surface area contributed by atoms with Gasteiger partial charge in [0.05, 0.1) is 24.4 Å². The third kappa shape index (κ3) is 7.17. The molecule has 0 radical (unpaired) electrons. The van der Waals surface area contributed by atoms with E-state index in [1.807, 2.05) is 11.0 Å². The fourth-order valence-corrected chi connectivity index (χ4v) is 8.98. The number of methoxy groups -OCH3 is 1. The molecule has 2 saturated heterocycles. The minimum absolute atomic E-state index is 0.0136. The quantitative estimate of drug-likeness (QED) is 0.246. The second-order valence-electron chi connectivity index (χ2n) is 15.4. The lowest BCUT2D eigenvalue weighted by atomic mass is 9.89. The number of aromatic nitrogens is 6. The normalized spacial score (nSPS) is 19.1. The Bertz CT molecular complexity index is 2050. The van der Waals surface area contributed by atoms with Crippen molar-refractivity contribution < 1.29 is 28.2 Å². The molecule has 1 N–H and O–H groups in total. The number of piperidine rings is 2. The number of ether oxygens (including phenoxy) is 1. The van der Waals surface area contributed by atoms with Crippen molar-refractivity contribution in [3.8, 4) is 11.1 Å². The molecule has 4 aromatic rings. The predicted octanol–water partition coefficient (Wildman–Crippen LogP) is 5.02. The number of benzene rings is 1. The summed E-state index contributed by atoms with van der Waals surface area (Å²) in [4.78, 5) is 32.4. The summed E-state index contributed by atoms with van der Waals surface area (Å²) in [6, 6.07) is 6.92. The van der Waals surface area contributed by atoms with E-state index in [-0.39, 0.29) is 28.8 Å². The maximum absolute atomic E-state index is 14.7. The first-order valence-corrected chi connectivity index (χ1v) is 19.2. The smallest absolute Gasteiger partial charge is 0.356 e. The lowest BCUT2D eigenvalue weighted by Crippen LogP contribution is -2.53. The van der Waals surface area contributed by atoms with Gasteiger partial charge in [0.15, 0.2) is 17.3 Å². The van der Waals surface area contributed by atoms with Gasteiger partial charge < -0.3 is 29.4 Å². The van der Waals surface area contributed by atoms with Gasteiger partial charge in [0.25, 0.3) is 6.43 Å². The van der Waals surface area contributed by atoms with Crippen LogP contribution in [0.2, 0.25) is 0 Å². The molecule has 55 heavy (non-hydrogen) atoms. The first-order chi connectivity index (χ1) is 26.5. The molecule has 7 heterocycles. The second-order valence-corrected chi connectivity index (χ2v) is 15.4. The highest BCUT2D eigenvalue weighted by Gasteiger charge is 2.39. The summed E-state index contributed by atoms with van der Waals surface area (Å²) in [6.45, 7) is 7.35. The third-order valence-corrected chi connectivity index (χ3v) is 12.1. The summed E-state index contributed by atoms with van der Waals surface area (Å²) in [5.41, 5.74) is 4.70. The van der Waals surface area contributed by atoms with Crippen molar-refractivity contribution in [3.05, 3.63) is 64.7 Å². The molecule has 3 aromatic heterocycles. The summed E-state index contributed by atoms with van der Waals surface area (Å²) in [5, 5.41) is 26.7. The molecular formula is C39H48F2N10O4. The van der Waals surface area contributed by atoms with Gasteiger partial charge in [-0.1, -0.05) is 0 Å². The zero-order valence-electron chi connectivity index (χ0n) is 31.6. The fourth-order valence-electron chi connectivity index (χ4n) is 8.98. The number of hydrogen-bond acceptors (Lipinski definition) is 10. The number of carbonyl (C=O) groups is 2. The third-order valence-electron chi connectivity index (χ3n) is 12.1. The Kier molecular flexibility index (Phi) is 10.0. The van der Waals surface area contributed by atoms with Gasteiger partial charge in [0.2, 0.25) is 5.91 Å². The molecule has 1 amide bonds. The molecule has 16 heteroatoms. The number of amides is 1. The maximum Gasteiger partial charge on any atom is 0.356 e. The van der Waals surface area contributed by atoms with Crippen molar-refractivity contribution in [3.63, 3.8) is 0 Å². The Morgan fingerprint density at radius 1 is 1.04 bits per heavy atom. The number of nitrogens with zero attached hydrogens (tertiary/aromatic N) is 10. The lowest BCUT2D eigenvalue weighted by molar-refractivity contribution is -0.129. The number of alkyl halides is 2. The van der Waals surface area contributed by atoms with Gasteiger partial charge in [0, 0.05) is 108 Å². The highest BCUT2D eigenvalue weighted by molar-refractivity contribution is 5.85. The van der Waals surface area contributed by atoms with E-state index in [0.29, 0.717) is 43.0 Å². The molecule has 292 valence electrons. The Labute approximate surface area is 318 Å². The Balaban J connectivity index is 1.01. The number of carboxylic acid groups (broad SMARTS) is 1. The van der Waals surface area contributed by atoms with Crippen LogP contribution in [0.15, 0.2) is 36.7 Å². The fraction of sp³-hybridized carbons (Fsp3) is 0.538. The molecule has 2 fully saturated rings. The van der Waals surface area contributed by atoms with Gasteiger partial charge in [-0.2, -0.15) is 10.2 Å². The summed E-state index contributed by atoms with van der Waals surface area (Å²) in [7, 11) is 3.57. The molecular weight excluding hydrogens is 710 g/mol. The van der Waals surface area contributed by atoms with Gasteiger partial charge >= 0.3 is 5.97 Å². The van der Waals surface area contributed by atoms with Crippen LogP contribution in [0.25, 0.3) is 11.1 Å². The Hall–Kier alpha value is -4.96. The van der Waals surface area contributed by atoms with E-state index in [4.69, 9.17) is 9.84 Å². The van der Waals surface area contributed by atoms with Crippen LogP contribution in [0.3, 0.4) is 0 Å². The van der Waals surface area contributed by atoms with Crippen molar-refractivity contribution in [2.75, 3.05) is 62.7 Å². The number of carbonyl (C=O) groups excluding carboxylic acids is 1. The minimum atomic E-state index is -2.66. The molecule has 0 unspecified atom stereocenters. The molecule has 1 aromatic carbocycles. The molecule has 0 bridgehead atoms. The molecule has 14 nitrogen and oxygen atoms in total. The van der Waals surface area contributed by atoms with E-state index in [0.717, 1.165) is 99.6 Å². The van der Waals surface area contributed by atoms with E-state index >= 15 is 0 Å². The molecule has 0 atom stereocenters. The minimum Gasteiger partial charge on any atom is -0.476 e. The molecule has 0 saturated carbocycles. The second kappa shape index (κ2) is 14.9. The zero-order valence-corrected chi connectivity index (χ0v) is 31.6. The number of halogens is 2. The number of anilines is 3. The van der Waals surface area contributed by atoms with Crippen LogP contribution in [-0.2, 0) is 36.0 Å². The molecule has 4 aliphatic heterocycles. The predicted molar refractivity (Wildman–Crippen MR) is 201 cm³/mol. The van der Waals surface area contributed by atoms with Crippen LogP contribution < -0.4 is 9.80 Å². The largest absolute Gasteiger partial charge is 0.476 e. The standard InChI is InChI=1S/C39H48F2N10O4/c1-25(52)49-16-10-33-31(23-49)37(50-13-4-5-26-19-29(27-21-42-46(2)22-27)30(36(40)41)20-34(26)50)45-51(33)28-8-14-47(15-9-28)24-39(55-3)11-17-48(18-12-39)35-7-6-32(38(53)54)43-44-35/h6-7,19-22,28,36H,4-5,8-18,23-24H2,1-3H3,(H,53,54). The number of hydrogen-bond donors (Lipinski definition) is 1. The monoisotopic (exact) mass is 758 g/mol. The topological polar surface area (TPSA) is 138 Å². The van der Waals surface area contributed by atoms with Crippen molar-refractivity contribution in [2.45, 2.75) is 76.5 Å². The average molecular weight is 759 g/mol. The van der Waals surface area contributed by atoms with Crippen LogP contribution in [0.4, 0.5) is 26.1 Å². The van der Waals surface area contributed by atoms with Crippen molar-refractivity contribution in [2.24, 2.45) is 7.05 Å². The van der Waals surface area contributed by atoms with E-state index < -0.39 is 12.4 Å². The maximum atomic E-state index is 14.7.